The van der Waals surface area contributed by atoms with Gasteiger partial charge in [0.15, 0.2) is 0 Å². The van der Waals surface area contributed by atoms with Crippen LogP contribution in [-0.4, -0.2) is 11.1 Å². The molecule has 1 aliphatic heterocycles. The first-order valence-electron chi connectivity index (χ1n) is 10.4. The number of fused-ring (bicyclic) bond motifs is 3. The lowest BCUT2D eigenvalue weighted by atomic mass is 9.76. The summed E-state index contributed by atoms with van der Waals surface area (Å²) >= 11 is 3.48. The lowest BCUT2D eigenvalue weighted by Crippen LogP contribution is -2.30. The van der Waals surface area contributed by atoms with Crippen molar-refractivity contribution in [2.24, 2.45) is 5.92 Å². The Morgan fingerprint density at radius 3 is 2.61 bits per heavy atom. The van der Waals surface area contributed by atoms with Crippen molar-refractivity contribution in [1.29, 1.82) is 0 Å². The zero-order valence-electron chi connectivity index (χ0n) is 16.8. The van der Waals surface area contributed by atoms with Crippen LogP contribution in [0.4, 0.5) is 5.69 Å². The molecule has 2 N–H and O–H groups in total. The fourth-order valence-electron chi connectivity index (χ4n) is 4.68. The molecule has 0 saturated carbocycles. The number of halogens is 1. The normalized spacial score (nSPS) is 21.1. The lowest BCUT2D eigenvalue weighted by molar-refractivity contribution is 0.0697. The number of aromatic carboxylic acids is 1. The molecule has 0 saturated heterocycles. The van der Waals surface area contributed by atoms with Gasteiger partial charge in [0.25, 0.3) is 0 Å². The molecule has 0 unspecified atom stereocenters. The maximum absolute atomic E-state index is 11.9. The molecule has 31 heavy (non-hydrogen) atoms. The molecule has 4 nitrogen and oxygen atoms in total. The van der Waals surface area contributed by atoms with Gasteiger partial charge >= 0.3 is 5.97 Å². The van der Waals surface area contributed by atoms with Crippen molar-refractivity contribution in [3.63, 3.8) is 0 Å². The van der Waals surface area contributed by atoms with Gasteiger partial charge in [-0.05, 0) is 53.3 Å². The van der Waals surface area contributed by atoms with E-state index in [-0.39, 0.29) is 12.0 Å². The summed E-state index contributed by atoms with van der Waals surface area (Å²) in [4.78, 5) is 11.9. The number of allylic oxidation sites excluding steroid dienone is 2. The van der Waals surface area contributed by atoms with E-state index in [4.69, 9.17) is 4.74 Å². The number of carboxylic acids is 1. The quantitative estimate of drug-likeness (QED) is 0.410. The molecule has 0 radical (unpaired) electrons. The Balaban J connectivity index is 1.41. The molecule has 0 bridgehead atoms. The summed E-state index contributed by atoms with van der Waals surface area (Å²) in [5, 5.41) is 13.3. The molecule has 5 rings (SSSR count). The van der Waals surface area contributed by atoms with E-state index in [1.807, 2.05) is 48.5 Å². The third-order valence-electron chi connectivity index (χ3n) is 6.15. The van der Waals surface area contributed by atoms with E-state index in [2.05, 4.69) is 45.5 Å². The number of anilines is 1. The van der Waals surface area contributed by atoms with Gasteiger partial charge in [0.2, 0.25) is 0 Å². The van der Waals surface area contributed by atoms with Crippen LogP contribution in [0.2, 0.25) is 0 Å². The number of carboxylic acid groups (broad SMARTS) is 1. The molecule has 0 aromatic heterocycles. The first-order chi connectivity index (χ1) is 15.1. The third kappa shape index (κ3) is 3.86. The lowest BCUT2D eigenvalue weighted by Gasteiger charge is -2.38. The number of ether oxygens (including phenoxy) is 1. The molecule has 0 amide bonds. The van der Waals surface area contributed by atoms with Gasteiger partial charge in [-0.15, -0.1) is 0 Å². The molecule has 3 aromatic rings. The largest absolute Gasteiger partial charge is 0.489 e. The second kappa shape index (κ2) is 8.23. The standard InChI is InChI=1S/C26H22BrNO3/c27-18-13-22-20-7-4-8-21(20)24(28-25(22)23(14-18)26(29)30)17-9-11-19(12-10-17)31-15-16-5-2-1-3-6-16/h1-7,9-14,20-21,24,28H,8,15H2,(H,29,30)/t20-,21+,24+/m1/s1. The van der Waals surface area contributed by atoms with Crippen molar-refractivity contribution in [2.45, 2.75) is 25.0 Å². The van der Waals surface area contributed by atoms with Gasteiger partial charge in [0.05, 0.1) is 17.3 Å². The van der Waals surface area contributed by atoms with Gasteiger partial charge in [0.1, 0.15) is 12.4 Å². The Labute approximate surface area is 189 Å². The van der Waals surface area contributed by atoms with Crippen LogP contribution in [0.25, 0.3) is 0 Å². The molecule has 5 heteroatoms. The molecular formula is C26H22BrNO3. The highest BCUT2D eigenvalue weighted by molar-refractivity contribution is 9.10. The van der Waals surface area contributed by atoms with Crippen LogP contribution < -0.4 is 10.1 Å². The average molecular weight is 476 g/mol. The van der Waals surface area contributed by atoms with Crippen molar-refractivity contribution in [1.82, 2.24) is 0 Å². The van der Waals surface area contributed by atoms with Crippen LogP contribution in [0.3, 0.4) is 0 Å². The topological polar surface area (TPSA) is 58.6 Å². The highest BCUT2D eigenvalue weighted by Gasteiger charge is 2.39. The van der Waals surface area contributed by atoms with Gasteiger partial charge in [-0.25, -0.2) is 4.79 Å². The summed E-state index contributed by atoms with van der Waals surface area (Å²) in [6, 6.07) is 22.0. The smallest absolute Gasteiger partial charge is 0.337 e. The zero-order valence-corrected chi connectivity index (χ0v) is 18.4. The predicted molar refractivity (Wildman–Crippen MR) is 125 cm³/mol. The molecule has 0 spiro atoms. The first-order valence-corrected chi connectivity index (χ1v) is 11.2. The van der Waals surface area contributed by atoms with Gasteiger partial charge < -0.3 is 15.2 Å². The van der Waals surface area contributed by atoms with Crippen molar-refractivity contribution in [2.75, 3.05) is 5.32 Å². The molecule has 0 fully saturated rings. The number of carbonyl (C=O) groups is 1. The Bertz CT molecular complexity index is 1140. The molecule has 156 valence electrons. The van der Waals surface area contributed by atoms with Crippen LogP contribution >= 0.6 is 15.9 Å². The molecular weight excluding hydrogens is 454 g/mol. The number of hydrogen-bond donors (Lipinski definition) is 2. The monoisotopic (exact) mass is 475 g/mol. The van der Waals surface area contributed by atoms with E-state index in [9.17, 15) is 9.90 Å². The highest BCUT2D eigenvalue weighted by Crippen LogP contribution is 2.51. The second-order valence-electron chi connectivity index (χ2n) is 8.04. The first kappa shape index (κ1) is 19.9. The average Bonchev–Trinajstić information content (AvgIpc) is 3.28. The Hall–Kier alpha value is -3.05. The molecule has 3 atom stereocenters. The third-order valence-corrected chi connectivity index (χ3v) is 6.61. The van der Waals surface area contributed by atoms with Crippen molar-refractivity contribution < 1.29 is 14.6 Å². The summed E-state index contributed by atoms with van der Waals surface area (Å²) in [6.45, 7) is 0.528. The van der Waals surface area contributed by atoms with E-state index < -0.39 is 5.97 Å². The van der Waals surface area contributed by atoms with E-state index in [0.29, 0.717) is 18.1 Å². The van der Waals surface area contributed by atoms with Crippen molar-refractivity contribution >= 4 is 27.6 Å². The number of nitrogens with one attached hydrogen (secondary N) is 1. The van der Waals surface area contributed by atoms with Crippen LogP contribution in [0.1, 0.15) is 45.4 Å². The van der Waals surface area contributed by atoms with E-state index in [1.54, 1.807) is 6.07 Å². The Morgan fingerprint density at radius 1 is 1.10 bits per heavy atom. The fraction of sp³-hybridized carbons (Fsp3) is 0.192. The van der Waals surface area contributed by atoms with E-state index in [1.165, 1.54) is 0 Å². The second-order valence-corrected chi connectivity index (χ2v) is 8.96. The molecule has 1 aliphatic carbocycles. The Morgan fingerprint density at radius 2 is 1.87 bits per heavy atom. The van der Waals surface area contributed by atoms with Gasteiger partial charge in [-0.2, -0.15) is 0 Å². The van der Waals surface area contributed by atoms with Gasteiger partial charge in [-0.3, -0.25) is 0 Å². The summed E-state index contributed by atoms with van der Waals surface area (Å²) in [7, 11) is 0. The molecule has 2 aliphatic rings. The van der Waals surface area contributed by atoms with E-state index >= 15 is 0 Å². The molecule has 3 aromatic carbocycles. The summed E-state index contributed by atoms with van der Waals surface area (Å²) in [5.41, 5.74) is 4.33. The van der Waals surface area contributed by atoms with Crippen molar-refractivity contribution in [3.05, 3.63) is 106 Å². The van der Waals surface area contributed by atoms with E-state index in [0.717, 1.165) is 39.0 Å². The Kier molecular flexibility index (Phi) is 5.28. The summed E-state index contributed by atoms with van der Waals surface area (Å²) in [5.74, 6) is 0.444. The maximum Gasteiger partial charge on any atom is 0.337 e. The summed E-state index contributed by atoms with van der Waals surface area (Å²) < 4.78 is 6.72. The minimum absolute atomic E-state index is 0.0370. The highest BCUT2D eigenvalue weighted by atomic mass is 79.9. The predicted octanol–water partition coefficient (Wildman–Crippen LogP) is 6.55. The van der Waals surface area contributed by atoms with Crippen molar-refractivity contribution in [3.8, 4) is 5.75 Å². The van der Waals surface area contributed by atoms with Crippen LogP contribution in [-0.2, 0) is 6.61 Å². The summed E-state index contributed by atoms with van der Waals surface area (Å²) in [6.07, 6.45) is 5.38. The molecule has 1 heterocycles. The zero-order chi connectivity index (χ0) is 21.4. The van der Waals surface area contributed by atoms with Crippen LogP contribution in [0.5, 0.6) is 5.75 Å². The maximum atomic E-state index is 11.9. The minimum atomic E-state index is -0.922. The number of rotatable bonds is 5. The number of hydrogen-bond acceptors (Lipinski definition) is 3. The van der Waals surface area contributed by atoms with Crippen LogP contribution in [0.15, 0.2) is 83.4 Å². The minimum Gasteiger partial charge on any atom is -0.489 e. The van der Waals surface area contributed by atoms with Gasteiger partial charge in [0, 0.05) is 10.4 Å². The SMILES string of the molecule is O=C(O)c1cc(Br)cc2c1N[C@@H](c1ccc(OCc3ccccc3)cc1)[C@H]1CC=C[C@@H]21. The van der Waals surface area contributed by atoms with Gasteiger partial charge in [-0.1, -0.05) is 70.5 Å². The fourth-order valence-corrected chi connectivity index (χ4v) is 5.15. The van der Waals surface area contributed by atoms with Crippen LogP contribution in [0, 0.1) is 5.92 Å². The number of benzene rings is 3.